The Kier molecular flexibility index (Phi) is 3.28. The molecule has 0 atom stereocenters. The van der Waals surface area contributed by atoms with Gasteiger partial charge in [-0.3, -0.25) is 0 Å². The molecule has 1 heteroatoms. The van der Waals surface area contributed by atoms with Gasteiger partial charge in [0.25, 0.3) is 0 Å². The topological polar surface area (TPSA) is 0 Å². The Balaban J connectivity index is 2.48. The molecule has 0 unspecified atom stereocenters. The van der Waals surface area contributed by atoms with Crippen LogP contribution in [0.25, 0.3) is 0 Å². The van der Waals surface area contributed by atoms with Crippen LogP contribution in [0.15, 0.2) is 22.2 Å². The van der Waals surface area contributed by atoms with Crippen molar-refractivity contribution in [2.45, 2.75) is 25.7 Å². The van der Waals surface area contributed by atoms with Gasteiger partial charge in [0.15, 0.2) is 0 Å². The predicted octanol–water partition coefficient (Wildman–Crippen LogP) is 2.55. The molecule has 0 aromatic carbocycles. The van der Waals surface area contributed by atoms with Crippen LogP contribution in [0.1, 0.15) is 25.7 Å². The standard InChI is InChI=1S/C8H11.Pt/c1-2-4-6-8-7-5-3-1;/h1-3H,4,6-8H2;. The van der Waals surface area contributed by atoms with E-state index in [-0.39, 0.29) is 0 Å². The quantitative estimate of drug-likeness (QED) is 0.645. The van der Waals surface area contributed by atoms with Gasteiger partial charge in [-0.1, -0.05) is 0 Å². The molecule has 1 aliphatic rings. The fourth-order valence-corrected chi connectivity index (χ4v) is 1.51. The zero-order valence-electron chi connectivity index (χ0n) is 5.38. The monoisotopic (exact) mass is 302 g/mol. The molecule has 0 aromatic heterocycles. The summed E-state index contributed by atoms with van der Waals surface area (Å²) < 4.78 is 1.49. The average Bonchev–Trinajstić information content (AvgIpc) is 1.79. The fourth-order valence-electron chi connectivity index (χ4n) is 0.891. The third-order valence-corrected chi connectivity index (χ3v) is 2.37. The van der Waals surface area contributed by atoms with Crippen molar-refractivity contribution in [1.29, 1.82) is 0 Å². The summed E-state index contributed by atoms with van der Waals surface area (Å²) in [5, 5.41) is 0. The Morgan fingerprint density at radius 2 is 2.22 bits per heavy atom. The summed E-state index contributed by atoms with van der Waals surface area (Å²) in [6.45, 7) is 0. The van der Waals surface area contributed by atoms with Gasteiger partial charge in [0, 0.05) is 0 Å². The van der Waals surface area contributed by atoms with E-state index in [1.807, 2.05) is 0 Å². The van der Waals surface area contributed by atoms with Crippen LogP contribution in [-0.4, -0.2) is 0 Å². The summed E-state index contributed by atoms with van der Waals surface area (Å²) >= 11 is 2.39. The normalized spacial score (nSPS) is 20.4. The Hall–Kier alpha value is 0.168. The first-order chi connectivity index (χ1) is 4.39. The third kappa shape index (κ3) is 3.01. The molecule has 53 valence electrons. The maximum absolute atomic E-state index is 2.39. The molecule has 1 aliphatic carbocycles. The molecule has 0 nitrogen and oxygen atoms in total. The molecule has 0 heterocycles. The van der Waals surface area contributed by atoms with Crippen LogP contribution in [0, 0.1) is 0 Å². The fraction of sp³-hybridized carbons (Fsp3) is 0.500. The van der Waals surface area contributed by atoms with E-state index in [4.69, 9.17) is 0 Å². The van der Waals surface area contributed by atoms with Crippen LogP contribution >= 0.6 is 0 Å². The van der Waals surface area contributed by atoms with Crippen molar-refractivity contribution >= 4 is 0 Å². The van der Waals surface area contributed by atoms with E-state index in [1.54, 1.807) is 0 Å². The maximum atomic E-state index is 2.39. The molecular weight excluding hydrogens is 291 g/mol. The summed E-state index contributed by atoms with van der Waals surface area (Å²) in [5.41, 5.74) is 0. The zero-order valence-corrected chi connectivity index (χ0v) is 7.65. The van der Waals surface area contributed by atoms with E-state index in [1.165, 1.54) is 29.6 Å². The Bertz CT molecular complexity index is 134. The summed E-state index contributed by atoms with van der Waals surface area (Å²) in [4.78, 5) is 0. The summed E-state index contributed by atoms with van der Waals surface area (Å²) in [6, 6.07) is 0. The first-order valence-electron chi connectivity index (χ1n) is 3.38. The molecular formula is C8H11Pt. The van der Waals surface area contributed by atoms with E-state index in [2.05, 4.69) is 38.0 Å². The van der Waals surface area contributed by atoms with Crippen molar-refractivity contribution < 1.29 is 19.8 Å². The first-order valence-corrected chi connectivity index (χ1v) is 4.51. The van der Waals surface area contributed by atoms with Gasteiger partial charge in [0.1, 0.15) is 0 Å². The molecule has 0 saturated carbocycles. The van der Waals surface area contributed by atoms with E-state index in [9.17, 15) is 0 Å². The molecule has 1 rings (SSSR count). The van der Waals surface area contributed by atoms with Gasteiger partial charge < -0.3 is 0 Å². The second-order valence-electron chi connectivity index (χ2n) is 2.25. The Labute approximate surface area is 67.9 Å². The van der Waals surface area contributed by atoms with Gasteiger partial charge >= 0.3 is 67.7 Å². The molecule has 0 fully saturated rings. The van der Waals surface area contributed by atoms with Crippen LogP contribution < -0.4 is 0 Å². The minimum absolute atomic E-state index is 1.26. The van der Waals surface area contributed by atoms with Crippen molar-refractivity contribution in [2.75, 3.05) is 0 Å². The van der Waals surface area contributed by atoms with Crippen LogP contribution in [0.3, 0.4) is 0 Å². The summed E-state index contributed by atoms with van der Waals surface area (Å²) in [5.74, 6) is 0. The SMILES string of the molecule is [Pt][C]1=CC=CCCCC1. The molecule has 0 spiro atoms. The van der Waals surface area contributed by atoms with Gasteiger partial charge in [0.05, 0.1) is 0 Å². The van der Waals surface area contributed by atoms with Crippen molar-refractivity contribution in [3.63, 3.8) is 0 Å². The molecule has 0 N–H and O–H groups in total. The van der Waals surface area contributed by atoms with E-state index < -0.39 is 0 Å². The van der Waals surface area contributed by atoms with Gasteiger partial charge in [-0.15, -0.1) is 0 Å². The van der Waals surface area contributed by atoms with Gasteiger partial charge in [-0.05, 0) is 0 Å². The van der Waals surface area contributed by atoms with E-state index >= 15 is 0 Å². The molecule has 0 radical (unpaired) electrons. The number of hydrogen-bond acceptors (Lipinski definition) is 0. The van der Waals surface area contributed by atoms with Gasteiger partial charge in [-0.2, -0.15) is 0 Å². The van der Waals surface area contributed by atoms with Crippen LogP contribution in [0.2, 0.25) is 0 Å². The van der Waals surface area contributed by atoms with Crippen molar-refractivity contribution in [3.05, 3.63) is 22.2 Å². The molecule has 0 aromatic rings. The van der Waals surface area contributed by atoms with E-state index in [0.717, 1.165) is 0 Å². The second-order valence-corrected chi connectivity index (χ2v) is 3.71. The van der Waals surface area contributed by atoms with Gasteiger partial charge in [0.2, 0.25) is 0 Å². The average molecular weight is 302 g/mol. The minimum atomic E-state index is 1.26. The number of hydrogen-bond donors (Lipinski definition) is 0. The van der Waals surface area contributed by atoms with Gasteiger partial charge in [-0.25, -0.2) is 0 Å². The summed E-state index contributed by atoms with van der Waals surface area (Å²) in [6.07, 6.45) is 11.9. The van der Waals surface area contributed by atoms with Crippen molar-refractivity contribution in [2.24, 2.45) is 0 Å². The molecule has 0 aliphatic heterocycles. The van der Waals surface area contributed by atoms with Crippen LogP contribution in [-0.2, 0) is 19.8 Å². The zero-order chi connectivity index (χ0) is 6.53. The third-order valence-electron chi connectivity index (χ3n) is 1.42. The predicted molar refractivity (Wildman–Crippen MR) is 35.7 cm³/mol. The van der Waals surface area contributed by atoms with Crippen LogP contribution in [0.4, 0.5) is 0 Å². The van der Waals surface area contributed by atoms with E-state index in [0.29, 0.717) is 0 Å². The Morgan fingerprint density at radius 3 is 3.11 bits per heavy atom. The molecule has 0 bridgehead atoms. The molecule has 0 saturated heterocycles. The molecule has 0 amide bonds. The van der Waals surface area contributed by atoms with Crippen LogP contribution in [0.5, 0.6) is 0 Å². The Morgan fingerprint density at radius 1 is 1.33 bits per heavy atom. The second kappa shape index (κ2) is 4.06. The number of rotatable bonds is 0. The van der Waals surface area contributed by atoms with Crippen molar-refractivity contribution in [1.82, 2.24) is 0 Å². The number of allylic oxidation sites excluding steroid dienone is 4. The molecule has 9 heavy (non-hydrogen) atoms. The van der Waals surface area contributed by atoms with Crippen molar-refractivity contribution in [3.8, 4) is 0 Å². The first kappa shape index (κ1) is 7.28. The summed E-state index contributed by atoms with van der Waals surface area (Å²) in [7, 11) is 0.